The number of nitrogens with zero attached hydrogens (tertiary/aromatic N) is 1. The Kier molecular flexibility index (Phi) is 6.31. The van der Waals surface area contributed by atoms with Gasteiger partial charge in [-0.2, -0.15) is 0 Å². The van der Waals surface area contributed by atoms with Crippen molar-refractivity contribution in [1.82, 2.24) is 0 Å². The molecule has 0 aromatic heterocycles. The summed E-state index contributed by atoms with van der Waals surface area (Å²) in [6.07, 6.45) is 0. The number of nitrogen functional groups attached to an aromatic ring is 1. The first-order valence-corrected chi connectivity index (χ1v) is 4.38. The molecule has 0 spiro atoms. The summed E-state index contributed by atoms with van der Waals surface area (Å²) in [7, 11) is 0. The number of rotatable bonds is 3. The summed E-state index contributed by atoms with van der Waals surface area (Å²) in [6, 6.07) is 5.88. The van der Waals surface area contributed by atoms with E-state index in [1.54, 1.807) is 0 Å². The molecule has 74 valence electrons. The van der Waals surface area contributed by atoms with Crippen LogP contribution in [0.3, 0.4) is 0 Å². The first-order valence-electron chi connectivity index (χ1n) is 4.38. The van der Waals surface area contributed by atoms with Gasteiger partial charge in [0.15, 0.2) is 0 Å². The molecule has 0 aliphatic rings. The van der Waals surface area contributed by atoms with Crippen LogP contribution in [0, 0.1) is 51.9 Å². The molecule has 2 N–H and O–H groups in total. The molecular weight excluding hydrogens is 398 g/mol. The quantitative estimate of drug-likeness (QED) is 0.606. The number of benzene rings is 1. The van der Waals surface area contributed by atoms with Gasteiger partial charge in [0.25, 0.3) is 0 Å². The van der Waals surface area contributed by atoms with Crippen LogP contribution in [0.2, 0.25) is 0 Å². The van der Waals surface area contributed by atoms with Crippen LogP contribution in [-0.2, 0) is 0 Å². The monoisotopic (exact) mass is 414 g/mol. The van der Waals surface area contributed by atoms with Gasteiger partial charge >= 0.3 is 31.1 Å². The Morgan fingerprint density at radius 2 is 1.86 bits per heavy atom. The summed E-state index contributed by atoms with van der Waals surface area (Å²) in [4.78, 5) is 2.11. The zero-order chi connectivity index (χ0) is 9.84. The van der Waals surface area contributed by atoms with Crippen LogP contribution in [0.5, 0.6) is 0 Å². The molecule has 0 bridgehead atoms. The van der Waals surface area contributed by atoms with E-state index in [1.807, 2.05) is 25.1 Å². The molecule has 3 heteroatoms. The maximum Gasteiger partial charge on any atom is 2.00 e. The van der Waals surface area contributed by atoms with Crippen molar-refractivity contribution < 1.29 is 31.1 Å². The largest absolute Gasteiger partial charge is 2.00 e. The van der Waals surface area contributed by atoms with E-state index in [9.17, 15) is 0 Å². The van der Waals surface area contributed by atoms with Crippen LogP contribution in [-0.4, -0.2) is 13.1 Å². The minimum atomic E-state index is 0. The molecule has 1 aromatic rings. The molecule has 0 radical (unpaired) electrons. The van der Waals surface area contributed by atoms with Gasteiger partial charge in [0, 0.05) is 11.4 Å². The Morgan fingerprint density at radius 3 is 2.29 bits per heavy atom. The molecule has 0 amide bonds. The smallest absolute Gasteiger partial charge is 0.431 e. The fourth-order valence-electron chi connectivity index (χ4n) is 1.39. The summed E-state index contributed by atoms with van der Waals surface area (Å²) >= 11 is 0. The Balaban J connectivity index is 0.00000169. The molecule has 14 heavy (non-hydrogen) atoms. The Morgan fingerprint density at radius 1 is 1.29 bits per heavy atom. The molecule has 2 nitrogen and oxygen atoms in total. The van der Waals surface area contributed by atoms with Crippen molar-refractivity contribution in [1.29, 1.82) is 0 Å². The standard InChI is InChI=1S/C11H16N2.U/c1-4-13(5-2)11-7-6-10(12)8-9(11)3;/h6-8H,1-2,4-5,12H2,3H3;/q-2;+2. The first-order chi connectivity index (χ1) is 6.19. The Hall–Kier alpha value is -0.128. The molecule has 1 rings (SSSR count). The molecular formula is C11H16N2U. The van der Waals surface area contributed by atoms with E-state index in [2.05, 4.69) is 18.7 Å². The fourth-order valence-corrected chi connectivity index (χ4v) is 1.39. The Labute approximate surface area is 110 Å². The minimum absolute atomic E-state index is 0. The van der Waals surface area contributed by atoms with Crippen molar-refractivity contribution in [3.05, 3.63) is 37.6 Å². The van der Waals surface area contributed by atoms with Gasteiger partial charge in [-0.3, -0.25) is 0 Å². The predicted octanol–water partition coefficient (Wildman–Crippen LogP) is 2.05. The summed E-state index contributed by atoms with van der Waals surface area (Å²) < 4.78 is 0. The van der Waals surface area contributed by atoms with Crippen molar-refractivity contribution in [2.75, 3.05) is 23.7 Å². The van der Waals surface area contributed by atoms with Crippen LogP contribution in [0.25, 0.3) is 0 Å². The van der Waals surface area contributed by atoms with Gasteiger partial charge in [-0.1, -0.05) is 0 Å². The Bertz CT molecular complexity index is 283. The predicted molar refractivity (Wildman–Crippen MR) is 58.5 cm³/mol. The number of anilines is 2. The zero-order valence-electron chi connectivity index (χ0n) is 8.59. The molecule has 0 saturated heterocycles. The minimum Gasteiger partial charge on any atom is -0.431 e. The average molecular weight is 414 g/mol. The van der Waals surface area contributed by atoms with Crippen molar-refractivity contribution in [2.45, 2.75) is 6.92 Å². The van der Waals surface area contributed by atoms with E-state index in [0.717, 1.165) is 18.8 Å². The maximum absolute atomic E-state index is 5.66. The van der Waals surface area contributed by atoms with Gasteiger partial charge in [0.2, 0.25) is 0 Å². The maximum atomic E-state index is 5.66. The molecule has 0 fully saturated rings. The molecule has 0 atom stereocenters. The second kappa shape index (κ2) is 6.37. The van der Waals surface area contributed by atoms with E-state index < -0.39 is 0 Å². The summed E-state index contributed by atoms with van der Waals surface area (Å²) in [6.45, 7) is 11.2. The molecule has 0 heterocycles. The number of hydrogen-bond donors (Lipinski definition) is 1. The summed E-state index contributed by atoms with van der Waals surface area (Å²) in [5.41, 5.74) is 8.80. The topological polar surface area (TPSA) is 29.3 Å². The van der Waals surface area contributed by atoms with Gasteiger partial charge in [-0.15, -0.1) is 13.1 Å². The van der Waals surface area contributed by atoms with Gasteiger partial charge in [0.1, 0.15) is 0 Å². The summed E-state index contributed by atoms with van der Waals surface area (Å²) in [5, 5.41) is 0. The van der Waals surface area contributed by atoms with E-state index in [1.165, 1.54) is 11.3 Å². The van der Waals surface area contributed by atoms with Gasteiger partial charge in [-0.25, -0.2) is 0 Å². The third-order valence-electron chi connectivity index (χ3n) is 2.10. The summed E-state index contributed by atoms with van der Waals surface area (Å²) in [5.74, 6) is 0. The van der Waals surface area contributed by atoms with Crippen LogP contribution < -0.4 is 10.6 Å². The zero-order valence-corrected chi connectivity index (χ0v) is 12.7. The second-order valence-corrected chi connectivity index (χ2v) is 3.03. The molecule has 0 saturated carbocycles. The number of nitrogens with two attached hydrogens (primary N) is 1. The molecule has 0 aliphatic heterocycles. The van der Waals surface area contributed by atoms with E-state index >= 15 is 0 Å². The van der Waals surface area contributed by atoms with E-state index in [0.29, 0.717) is 0 Å². The van der Waals surface area contributed by atoms with Crippen LogP contribution in [0.4, 0.5) is 11.4 Å². The average Bonchev–Trinajstić information content (AvgIpc) is 2.10. The number of hydrogen-bond acceptors (Lipinski definition) is 2. The van der Waals surface area contributed by atoms with Crippen LogP contribution in [0.1, 0.15) is 5.56 Å². The molecule has 0 aliphatic carbocycles. The third-order valence-corrected chi connectivity index (χ3v) is 2.10. The van der Waals surface area contributed by atoms with E-state index in [4.69, 9.17) is 5.73 Å². The van der Waals surface area contributed by atoms with Gasteiger partial charge in [-0.05, 0) is 30.7 Å². The first kappa shape index (κ1) is 13.9. The van der Waals surface area contributed by atoms with Gasteiger partial charge in [0.05, 0.1) is 0 Å². The van der Waals surface area contributed by atoms with Crippen molar-refractivity contribution >= 4 is 11.4 Å². The van der Waals surface area contributed by atoms with Gasteiger partial charge < -0.3 is 24.5 Å². The normalized spacial score (nSPS) is 9.36. The van der Waals surface area contributed by atoms with Crippen molar-refractivity contribution in [2.24, 2.45) is 0 Å². The molecule has 0 unspecified atom stereocenters. The second-order valence-electron chi connectivity index (χ2n) is 3.03. The van der Waals surface area contributed by atoms with Crippen molar-refractivity contribution in [3.8, 4) is 0 Å². The third kappa shape index (κ3) is 3.22. The van der Waals surface area contributed by atoms with Crippen LogP contribution in [0.15, 0.2) is 18.2 Å². The van der Waals surface area contributed by atoms with Crippen molar-refractivity contribution in [3.63, 3.8) is 0 Å². The molecule has 1 aromatic carbocycles. The fraction of sp³-hybridized carbons (Fsp3) is 0.273. The van der Waals surface area contributed by atoms with E-state index in [-0.39, 0.29) is 31.1 Å². The van der Waals surface area contributed by atoms with Crippen LogP contribution >= 0.6 is 0 Å². The SMILES string of the molecule is [CH2-]CN(C[CH2-])c1ccc(N)cc1C.[U+2]. The number of aryl methyl sites for hydroxylation is 1.